The molecular formula is C59H73F2N7O5. The fourth-order valence-corrected chi connectivity index (χ4v) is 12.4. The van der Waals surface area contributed by atoms with Gasteiger partial charge in [0.05, 0.1) is 12.8 Å². The summed E-state index contributed by atoms with van der Waals surface area (Å²) in [5, 5.41) is 20.6. The Kier molecular flexibility index (Phi) is 17.6. The molecule has 6 atom stereocenters. The molecule has 5 aromatic carbocycles. The molecule has 10 rings (SSSR count). The molecule has 5 fully saturated rings. The van der Waals surface area contributed by atoms with Crippen molar-refractivity contribution in [3.63, 3.8) is 0 Å². The van der Waals surface area contributed by atoms with Crippen LogP contribution in [0.4, 0.5) is 25.0 Å². The zero-order valence-corrected chi connectivity index (χ0v) is 42.3. The van der Waals surface area contributed by atoms with Crippen LogP contribution in [0.25, 0.3) is 10.8 Å². The smallest absolute Gasteiger partial charge is 0.319 e. The van der Waals surface area contributed by atoms with Gasteiger partial charge in [0.1, 0.15) is 17.4 Å². The summed E-state index contributed by atoms with van der Waals surface area (Å²) in [6.07, 6.45) is 14.5. The lowest BCUT2D eigenvalue weighted by atomic mass is 9.83. The zero-order valence-electron chi connectivity index (χ0n) is 42.3. The molecule has 0 aromatic heterocycles. The summed E-state index contributed by atoms with van der Waals surface area (Å²) in [6, 6.07) is 33.5. The summed E-state index contributed by atoms with van der Waals surface area (Å²) in [5.74, 6) is 1.45. The Balaban J connectivity index is 0.000000183. The Morgan fingerprint density at radius 2 is 1.41 bits per heavy atom. The van der Waals surface area contributed by atoms with Crippen LogP contribution in [-0.2, 0) is 17.8 Å². The van der Waals surface area contributed by atoms with E-state index in [4.69, 9.17) is 9.94 Å². The number of carbonyl (C=O) groups is 3. The van der Waals surface area contributed by atoms with Gasteiger partial charge in [0, 0.05) is 80.1 Å². The average molecular weight is 998 g/mol. The third-order valence-corrected chi connectivity index (χ3v) is 16.2. The Labute approximate surface area is 429 Å². The predicted octanol–water partition coefficient (Wildman–Crippen LogP) is 10.8. The van der Waals surface area contributed by atoms with E-state index in [2.05, 4.69) is 43.4 Å². The maximum absolute atomic E-state index is 13.6. The van der Waals surface area contributed by atoms with Gasteiger partial charge in [0.15, 0.2) is 0 Å². The van der Waals surface area contributed by atoms with Gasteiger partial charge in [0.25, 0.3) is 5.91 Å². The Bertz CT molecular complexity index is 2620. The normalized spacial score (nSPS) is 24.4. The van der Waals surface area contributed by atoms with Gasteiger partial charge in [-0.3, -0.25) is 25.2 Å². The fraction of sp³-hybridized carbons (Fsp3) is 0.475. The van der Waals surface area contributed by atoms with E-state index in [-0.39, 0.29) is 47.5 Å². The van der Waals surface area contributed by atoms with E-state index in [1.54, 1.807) is 49.6 Å². The van der Waals surface area contributed by atoms with Crippen LogP contribution in [0.15, 0.2) is 109 Å². The quantitative estimate of drug-likeness (QED) is 0.0735. The molecule has 4 amide bonds. The van der Waals surface area contributed by atoms with Crippen molar-refractivity contribution in [1.29, 1.82) is 0 Å². The van der Waals surface area contributed by atoms with Crippen molar-refractivity contribution in [2.24, 2.45) is 17.8 Å². The number of halogens is 2. The standard InChI is InChI=1S/C32H37FN4O3.C27H36FN3O2/c33-26-8-5-24-16-21(3-4-25(24)17-26)20-37-29-11-12-30(37)19-28(18-29)34-31(38)22-2-1-14-36(15-13-22)32(39)23-6-9-27(35-40)10-7-23;1-33-25-9-4-8-24(17-25)29-27(32)30-26-10-3-2-7-22(26)19-31-15-5-6-21(18-31)16-20-11-13-23(28)14-12-20/h3-10,16-17,22,28-30,35,40H,1-2,11-15,18-20H2,(H,34,38);4,8-9,11-14,17,21-22,26H,2-3,5-7,10,15-16,18-19H2,1H3,(H2,29,30,32)/t;21-,22+,26-/m.1/s1. The molecule has 5 aliphatic rings. The van der Waals surface area contributed by atoms with Crippen LogP contribution in [-0.4, -0.2) is 102 Å². The molecule has 4 heterocycles. The number of anilines is 2. The van der Waals surface area contributed by atoms with Crippen LogP contribution in [0.3, 0.4) is 0 Å². The first kappa shape index (κ1) is 51.8. The van der Waals surface area contributed by atoms with Crippen molar-refractivity contribution < 1.29 is 33.1 Å². The first-order valence-corrected chi connectivity index (χ1v) is 26.8. The minimum absolute atomic E-state index is 0.0342. The van der Waals surface area contributed by atoms with E-state index < -0.39 is 0 Å². The van der Waals surface area contributed by atoms with Gasteiger partial charge < -0.3 is 30.5 Å². The van der Waals surface area contributed by atoms with Gasteiger partial charge in [-0.2, -0.15) is 0 Å². The summed E-state index contributed by atoms with van der Waals surface area (Å²) in [4.78, 5) is 46.0. The van der Waals surface area contributed by atoms with Gasteiger partial charge in [-0.25, -0.2) is 13.6 Å². The largest absolute Gasteiger partial charge is 0.497 e. The number of carbonyl (C=O) groups excluding carboxylic acids is 3. The molecule has 5 N–H and O–H groups in total. The Morgan fingerprint density at radius 3 is 2.19 bits per heavy atom. The number of nitrogens with one attached hydrogen (secondary N) is 4. The molecule has 14 heteroatoms. The predicted molar refractivity (Wildman–Crippen MR) is 283 cm³/mol. The molecule has 2 bridgehead atoms. The van der Waals surface area contributed by atoms with E-state index in [1.807, 2.05) is 53.4 Å². The number of methoxy groups -OCH3 is 1. The number of benzene rings is 5. The number of urea groups is 1. The van der Waals surface area contributed by atoms with Gasteiger partial charge in [0.2, 0.25) is 5.91 Å². The van der Waals surface area contributed by atoms with Crippen molar-refractivity contribution in [2.75, 3.05) is 50.6 Å². The van der Waals surface area contributed by atoms with Crippen LogP contribution in [0.5, 0.6) is 5.75 Å². The summed E-state index contributed by atoms with van der Waals surface area (Å²) >= 11 is 0. The summed E-state index contributed by atoms with van der Waals surface area (Å²) in [6.45, 7) is 5.34. The lowest BCUT2D eigenvalue weighted by Crippen LogP contribution is -2.51. The van der Waals surface area contributed by atoms with Crippen molar-refractivity contribution in [2.45, 2.75) is 121 Å². The minimum atomic E-state index is -0.208. The maximum Gasteiger partial charge on any atom is 0.319 e. The van der Waals surface area contributed by atoms with Crippen molar-refractivity contribution in [3.05, 3.63) is 138 Å². The lowest BCUT2D eigenvalue weighted by molar-refractivity contribution is -0.126. The molecule has 0 spiro atoms. The first-order chi connectivity index (χ1) is 35.5. The van der Waals surface area contributed by atoms with Gasteiger partial charge in [-0.05, 0) is 184 Å². The van der Waals surface area contributed by atoms with E-state index in [0.717, 1.165) is 113 Å². The second-order valence-corrected chi connectivity index (χ2v) is 21.2. The highest BCUT2D eigenvalue weighted by Crippen LogP contribution is 2.38. The summed E-state index contributed by atoms with van der Waals surface area (Å²) in [7, 11) is 1.62. The summed E-state index contributed by atoms with van der Waals surface area (Å²) < 4.78 is 32.0. The number of nitrogens with zero attached hydrogens (tertiary/aromatic N) is 3. The highest BCUT2D eigenvalue weighted by Gasteiger charge is 2.41. The van der Waals surface area contributed by atoms with Crippen LogP contribution in [0, 0.1) is 29.4 Å². The van der Waals surface area contributed by atoms with E-state index >= 15 is 0 Å². The first-order valence-electron chi connectivity index (χ1n) is 26.8. The molecule has 0 radical (unpaired) electrons. The van der Waals surface area contributed by atoms with Crippen LogP contribution >= 0.6 is 0 Å². The monoisotopic (exact) mass is 998 g/mol. The number of hydrogen-bond acceptors (Lipinski definition) is 8. The molecule has 1 saturated carbocycles. The lowest BCUT2D eigenvalue weighted by Gasteiger charge is -2.39. The SMILES string of the molecule is COc1cccc(NC(=O)N[C@@H]2CCCC[C@H]2CN2CCC[C@H](Cc3ccc(F)cc3)C2)c1.O=C(NC1CC2CCC(C1)N2Cc1ccc2cc(F)ccc2c1)C1CCCN(C(=O)c2ccc(NO)cc2)CC1. The molecule has 388 valence electrons. The molecular weight excluding hydrogens is 925 g/mol. The van der Waals surface area contributed by atoms with Gasteiger partial charge >= 0.3 is 6.03 Å². The van der Waals surface area contributed by atoms with Crippen LogP contribution in [0.2, 0.25) is 0 Å². The fourth-order valence-electron chi connectivity index (χ4n) is 12.4. The molecule has 4 saturated heterocycles. The van der Waals surface area contributed by atoms with Crippen molar-refractivity contribution >= 4 is 40.0 Å². The third-order valence-electron chi connectivity index (χ3n) is 16.2. The topological polar surface area (TPSA) is 139 Å². The molecule has 73 heavy (non-hydrogen) atoms. The van der Waals surface area contributed by atoms with E-state index in [9.17, 15) is 23.2 Å². The molecule has 4 aliphatic heterocycles. The molecule has 3 unspecified atom stereocenters. The maximum atomic E-state index is 13.6. The molecule has 12 nitrogen and oxygen atoms in total. The second kappa shape index (κ2) is 24.8. The Morgan fingerprint density at radius 1 is 0.685 bits per heavy atom. The average Bonchev–Trinajstić information content (AvgIpc) is 3.54. The van der Waals surface area contributed by atoms with E-state index in [1.165, 1.54) is 36.5 Å². The number of rotatable bonds is 13. The second-order valence-electron chi connectivity index (χ2n) is 21.2. The minimum Gasteiger partial charge on any atom is -0.497 e. The van der Waals surface area contributed by atoms with E-state index in [0.29, 0.717) is 54.7 Å². The number of fused-ring (bicyclic) bond motifs is 3. The number of hydrogen-bond donors (Lipinski definition) is 5. The van der Waals surface area contributed by atoms with Crippen molar-refractivity contribution in [3.8, 4) is 5.75 Å². The van der Waals surface area contributed by atoms with Crippen molar-refractivity contribution in [1.82, 2.24) is 25.3 Å². The highest BCUT2D eigenvalue weighted by atomic mass is 19.1. The number of piperidine rings is 2. The molecule has 1 aliphatic carbocycles. The zero-order chi connectivity index (χ0) is 50.7. The third kappa shape index (κ3) is 14.0. The Hall–Kier alpha value is -6.09. The van der Waals surface area contributed by atoms with Gasteiger partial charge in [-0.1, -0.05) is 49.2 Å². The summed E-state index contributed by atoms with van der Waals surface area (Å²) in [5.41, 5.74) is 6.40. The van der Waals surface area contributed by atoms with Gasteiger partial charge in [-0.15, -0.1) is 0 Å². The highest BCUT2D eigenvalue weighted by molar-refractivity contribution is 5.94. The number of amides is 4. The number of ether oxygens (including phenoxy) is 1. The van der Waals surface area contributed by atoms with Crippen LogP contribution < -0.4 is 26.2 Å². The van der Waals surface area contributed by atoms with Crippen LogP contribution in [0.1, 0.15) is 105 Å². The number of likely N-dealkylation sites (tertiary alicyclic amines) is 2. The molecule has 5 aromatic rings.